The summed E-state index contributed by atoms with van der Waals surface area (Å²) in [5, 5.41) is 0. The van der Waals surface area contributed by atoms with Crippen molar-refractivity contribution >= 4 is 16.0 Å². The first-order valence-electron chi connectivity index (χ1n) is 8.35. The molecule has 2 rings (SSSR count). The third kappa shape index (κ3) is 7.67. The highest BCUT2D eigenvalue weighted by Gasteiger charge is 2.07. The predicted octanol–water partition coefficient (Wildman–Crippen LogP) is 2.02. The maximum atomic E-state index is 12.0. The maximum Gasteiger partial charge on any atom is 0.338 e. The summed E-state index contributed by atoms with van der Waals surface area (Å²) < 4.78 is 40.2. The Balaban J connectivity index is 1.72. The molecule has 1 N–H and O–H groups in total. The molecule has 0 aliphatic carbocycles. The number of ether oxygens (including phenoxy) is 3. The predicted molar refractivity (Wildman–Crippen MR) is 102 cm³/mol. The summed E-state index contributed by atoms with van der Waals surface area (Å²) in [5.41, 5.74) is 1.35. The van der Waals surface area contributed by atoms with Crippen LogP contribution in [0.25, 0.3) is 0 Å². The Morgan fingerprint density at radius 2 is 1.59 bits per heavy atom. The molecule has 0 heterocycles. The Hall–Kier alpha value is -2.58. The molecule has 0 saturated heterocycles. The monoisotopic (exact) mass is 393 g/mol. The Bertz CT molecular complexity index is 832. The van der Waals surface area contributed by atoms with Gasteiger partial charge in [0.25, 0.3) is 0 Å². The van der Waals surface area contributed by atoms with Gasteiger partial charge in [-0.05, 0) is 48.4 Å². The third-order valence-electron chi connectivity index (χ3n) is 3.61. The first-order chi connectivity index (χ1) is 12.9. The normalized spacial score (nSPS) is 11.0. The average Bonchev–Trinajstić information content (AvgIpc) is 2.65. The van der Waals surface area contributed by atoms with Crippen molar-refractivity contribution in [3.63, 3.8) is 0 Å². The van der Waals surface area contributed by atoms with Gasteiger partial charge in [0.15, 0.2) is 0 Å². The number of nitrogens with one attached hydrogen (secondary N) is 1. The summed E-state index contributed by atoms with van der Waals surface area (Å²) in [6.07, 6.45) is 1.66. The first-order valence-corrected chi connectivity index (χ1v) is 10.2. The Morgan fingerprint density at radius 1 is 0.963 bits per heavy atom. The number of rotatable bonds is 10. The fraction of sp³-hybridized carbons (Fsp3) is 0.316. The van der Waals surface area contributed by atoms with E-state index >= 15 is 0 Å². The topological polar surface area (TPSA) is 90.9 Å². The molecule has 0 aliphatic rings. The highest BCUT2D eigenvalue weighted by Crippen LogP contribution is 2.16. The SMILES string of the molecule is COc1ccc(OCCOC(=O)c2ccc(CCNS(C)(=O)=O)cc2)cc1. The second-order valence-electron chi connectivity index (χ2n) is 5.77. The van der Waals surface area contributed by atoms with Gasteiger partial charge in [0, 0.05) is 6.54 Å². The van der Waals surface area contributed by atoms with E-state index in [0.717, 1.165) is 17.6 Å². The van der Waals surface area contributed by atoms with Gasteiger partial charge in [0.1, 0.15) is 24.7 Å². The van der Waals surface area contributed by atoms with Gasteiger partial charge in [-0.15, -0.1) is 0 Å². The summed E-state index contributed by atoms with van der Waals surface area (Å²) in [7, 11) is -1.60. The Labute approximate surface area is 159 Å². The number of hydrogen-bond donors (Lipinski definition) is 1. The number of carbonyl (C=O) groups is 1. The van der Waals surface area contributed by atoms with Crippen LogP contribution in [-0.2, 0) is 21.2 Å². The van der Waals surface area contributed by atoms with Gasteiger partial charge in [-0.25, -0.2) is 17.9 Å². The van der Waals surface area contributed by atoms with Crippen LogP contribution in [0.2, 0.25) is 0 Å². The smallest absolute Gasteiger partial charge is 0.338 e. The second kappa shape index (κ2) is 9.94. The second-order valence-corrected chi connectivity index (χ2v) is 7.61. The molecule has 0 aromatic heterocycles. The molecule has 0 unspecified atom stereocenters. The van der Waals surface area contributed by atoms with Gasteiger partial charge in [0.05, 0.1) is 18.9 Å². The van der Waals surface area contributed by atoms with E-state index in [1.54, 1.807) is 55.6 Å². The minimum Gasteiger partial charge on any atom is -0.497 e. The molecule has 2 aromatic carbocycles. The molecule has 0 bridgehead atoms. The molecule has 7 nitrogen and oxygen atoms in total. The molecule has 0 fully saturated rings. The molecule has 0 saturated carbocycles. The summed E-state index contributed by atoms with van der Waals surface area (Å²) in [5.74, 6) is 0.970. The number of benzene rings is 2. The van der Waals surface area contributed by atoms with E-state index in [9.17, 15) is 13.2 Å². The van der Waals surface area contributed by atoms with Crippen LogP contribution in [0.3, 0.4) is 0 Å². The van der Waals surface area contributed by atoms with Crippen LogP contribution in [0.15, 0.2) is 48.5 Å². The molecule has 0 amide bonds. The number of esters is 1. The van der Waals surface area contributed by atoms with Crippen molar-refractivity contribution in [2.45, 2.75) is 6.42 Å². The number of carbonyl (C=O) groups excluding carboxylic acids is 1. The lowest BCUT2D eigenvalue weighted by atomic mass is 10.1. The van der Waals surface area contributed by atoms with Crippen LogP contribution < -0.4 is 14.2 Å². The molecule has 0 spiro atoms. The lowest BCUT2D eigenvalue weighted by Crippen LogP contribution is -2.24. The van der Waals surface area contributed by atoms with E-state index in [0.29, 0.717) is 24.3 Å². The van der Waals surface area contributed by atoms with E-state index in [1.165, 1.54) is 0 Å². The van der Waals surface area contributed by atoms with Crippen molar-refractivity contribution in [2.24, 2.45) is 0 Å². The zero-order valence-electron chi connectivity index (χ0n) is 15.3. The van der Waals surface area contributed by atoms with Gasteiger partial charge >= 0.3 is 5.97 Å². The third-order valence-corrected chi connectivity index (χ3v) is 4.34. The van der Waals surface area contributed by atoms with Gasteiger partial charge < -0.3 is 14.2 Å². The Kier molecular flexibility index (Phi) is 7.63. The van der Waals surface area contributed by atoms with E-state index in [1.807, 2.05) is 0 Å². The summed E-state index contributed by atoms with van der Waals surface area (Å²) in [6, 6.07) is 14.0. The number of hydrogen-bond acceptors (Lipinski definition) is 6. The largest absolute Gasteiger partial charge is 0.497 e. The summed E-state index contributed by atoms with van der Waals surface area (Å²) in [6.45, 7) is 0.684. The maximum absolute atomic E-state index is 12.0. The highest BCUT2D eigenvalue weighted by molar-refractivity contribution is 7.88. The minimum atomic E-state index is -3.19. The molecule has 8 heteroatoms. The van der Waals surface area contributed by atoms with E-state index in [-0.39, 0.29) is 13.2 Å². The van der Waals surface area contributed by atoms with Crippen molar-refractivity contribution in [1.82, 2.24) is 4.72 Å². The van der Waals surface area contributed by atoms with E-state index < -0.39 is 16.0 Å². The van der Waals surface area contributed by atoms with E-state index in [4.69, 9.17) is 14.2 Å². The zero-order chi connectivity index (χ0) is 19.7. The molecular weight excluding hydrogens is 370 g/mol. The van der Waals surface area contributed by atoms with Crippen molar-refractivity contribution < 1.29 is 27.4 Å². The summed E-state index contributed by atoms with van der Waals surface area (Å²) in [4.78, 5) is 12.0. The lowest BCUT2D eigenvalue weighted by molar-refractivity contribution is 0.0450. The van der Waals surface area contributed by atoms with Crippen molar-refractivity contribution in [3.05, 3.63) is 59.7 Å². The van der Waals surface area contributed by atoms with Crippen LogP contribution in [0.4, 0.5) is 0 Å². The van der Waals surface area contributed by atoms with E-state index in [2.05, 4.69) is 4.72 Å². The average molecular weight is 393 g/mol. The van der Waals surface area contributed by atoms with Gasteiger partial charge in [-0.2, -0.15) is 0 Å². The van der Waals surface area contributed by atoms with Crippen LogP contribution in [0.5, 0.6) is 11.5 Å². The molecule has 0 atom stereocenters. The number of sulfonamides is 1. The molecule has 0 radical (unpaired) electrons. The first kappa shape index (κ1) is 20.7. The lowest BCUT2D eigenvalue weighted by Gasteiger charge is -2.08. The van der Waals surface area contributed by atoms with Gasteiger partial charge in [-0.3, -0.25) is 0 Å². The molecule has 0 aliphatic heterocycles. The fourth-order valence-electron chi connectivity index (χ4n) is 2.24. The van der Waals surface area contributed by atoms with Crippen molar-refractivity contribution in [3.8, 4) is 11.5 Å². The van der Waals surface area contributed by atoms with Gasteiger partial charge in [-0.1, -0.05) is 12.1 Å². The minimum absolute atomic E-state index is 0.130. The van der Waals surface area contributed by atoms with Crippen LogP contribution in [-0.4, -0.2) is 47.5 Å². The van der Waals surface area contributed by atoms with Crippen molar-refractivity contribution in [1.29, 1.82) is 0 Å². The van der Waals surface area contributed by atoms with Crippen LogP contribution in [0, 0.1) is 0 Å². The molecule has 146 valence electrons. The van der Waals surface area contributed by atoms with Gasteiger partial charge in [0.2, 0.25) is 10.0 Å². The van der Waals surface area contributed by atoms with Crippen LogP contribution >= 0.6 is 0 Å². The van der Waals surface area contributed by atoms with Crippen molar-refractivity contribution in [2.75, 3.05) is 33.1 Å². The zero-order valence-corrected chi connectivity index (χ0v) is 16.1. The molecule has 27 heavy (non-hydrogen) atoms. The molecule has 2 aromatic rings. The Morgan fingerprint density at radius 3 is 2.19 bits per heavy atom. The number of methoxy groups -OCH3 is 1. The molecular formula is C19H23NO6S. The van der Waals surface area contributed by atoms with Crippen LogP contribution in [0.1, 0.15) is 15.9 Å². The quantitative estimate of drug-likeness (QED) is 0.491. The highest BCUT2D eigenvalue weighted by atomic mass is 32.2. The fourth-order valence-corrected chi connectivity index (χ4v) is 2.71. The standard InChI is InChI=1S/C19H23NO6S/c1-24-17-7-9-18(10-8-17)25-13-14-26-19(21)16-5-3-15(4-6-16)11-12-20-27(2,22)23/h3-10,20H,11-14H2,1-2H3. The summed E-state index contributed by atoms with van der Waals surface area (Å²) >= 11 is 0.